The molecule has 1 saturated heterocycles. The summed E-state index contributed by atoms with van der Waals surface area (Å²) >= 11 is 1.34. The first-order valence-electron chi connectivity index (χ1n) is 11.2. The molecular formula is C25H27N3O6S. The largest absolute Gasteiger partial charge is 0.494 e. The van der Waals surface area contributed by atoms with Crippen molar-refractivity contribution in [3.05, 3.63) is 53.4 Å². The molecule has 1 N–H and O–H groups in total. The number of amides is 2. The fraction of sp³-hybridized carbons (Fsp3) is 0.320. The third-order valence-corrected chi connectivity index (χ3v) is 6.08. The number of rotatable bonds is 9. The van der Waals surface area contributed by atoms with Crippen molar-refractivity contribution >= 4 is 28.3 Å². The molecule has 4 rings (SSSR count). The molecule has 0 atom stereocenters. The first-order valence-corrected chi connectivity index (χ1v) is 12.1. The highest BCUT2D eigenvalue weighted by molar-refractivity contribution is 7.14. The third kappa shape index (κ3) is 6.28. The van der Waals surface area contributed by atoms with Crippen LogP contribution in [0.2, 0.25) is 0 Å². The predicted octanol–water partition coefficient (Wildman–Crippen LogP) is 3.71. The molecule has 0 saturated carbocycles. The standard InChI is InChI=1S/C25H27N3O6S/c1-3-33-19-7-4-17(5-8-19)20-16-35-25(26-20)27-24(30)18-6-9-21(22(14-18)31-2)34-15-23(29)28-10-12-32-13-11-28/h4-9,14,16H,3,10-13,15H2,1-2H3,(H,26,27,30). The Hall–Kier alpha value is -3.63. The summed E-state index contributed by atoms with van der Waals surface area (Å²) in [6, 6.07) is 12.4. The number of thiazole rings is 1. The minimum Gasteiger partial charge on any atom is -0.494 e. The SMILES string of the molecule is CCOc1ccc(-c2csc(NC(=O)c3ccc(OCC(=O)N4CCOCC4)c(OC)c3)n2)cc1. The van der Waals surface area contributed by atoms with E-state index in [4.69, 9.17) is 18.9 Å². The van der Waals surface area contributed by atoms with Gasteiger partial charge in [-0.15, -0.1) is 11.3 Å². The number of anilines is 1. The second kappa shape index (κ2) is 11.7. The molecule has 10 heteroatoms. The summed E-state index contributed by atoms with van der Waals surface area (Å²) in [6.45, 7) is 4.59. The second-order valence-electron chi connectivity index (χ2n) is 7.60. The van der Waals surface area contributed by atoms with Crippen LogP contribution in [0.3, 0.4) is 0 Å². The Balaban J connectivity index is 1.37. The van der Waals surface area contributed by atoms with Gasteiger partial charge in [-0.3, -0.25) is 14.9 Å². The van der Waals surface area contributed by atoms with Crippen molar-refractivity contribution in [2.75, 3.05) is 51.9 Å². The van der Waals surface area contributed by atoms with Crippen molar-refractivity contribution in [3.8, 4) is 28.5 Å². The number of hydrogen-bond acceptors (Lipinski definition) is 8. The van der Waals surface area contributed by atoms with Crippen LogP contribution >= 0.6 is 11.3 Å². The Morgan fingerprint density at radius 2 is 1.86 bits per heavy atom. The molecule has 1 aliphatic rings. The van der Waals surface area contributed by atoms with Crippen molar-refractivity contribution < 1.29 is 28.5 Å². The maximum atomic E-state index is 12.8. The number of methoxy groups -OCH3 is 1. The molecule has 184 valence electrons. The number of nitrogens with zero attached hydrogens (tertiary/aromatic N) is 2. The lowest BCUT2D eigenvalue weighted by atomic mass is 10.2. The molecule has 0 bridgehead atoms. The third-order valence-electron chi connectivity index (χ3n) is 5.33. The Morgan fingerprint density at radius 3 is 2.57 bits per heavy atom. The van der Waals surface area contributed by atoms with Crippen LogP contribution in [0.4, 0.5) is 5.13 Å². The Kier molecular flexibility index (Phi) is 8.17. The molecule has 0 spiro atoms. The van der Waals surface area contributed by atoms with Crippen LogP contribution in [-0.4, -0.2) is 68.3 Å². The number of ether oxygens (including phenoxy) is 4. The highest BCUT2D eigenvalue weighted by Gasteiger charge is 2.19. The number of carbonyl (C=O) groups excluding carboxylic acids is 2. The van der Waals surface area contributed by atoms with Gasteiger partial charge in [0.1, 0.15) is 5.75 Å². The lowest BCUT2D eigenvalue weighted by molar-refractivity contribution is -0.137. The zero-order valence-electron chi connectivity index (χ0n) is 19.6. The molecule has 1 aromatic heterocycles. The van der Waals surface area contributed by atoms with Crippen molar-refractivity contribution in [2.24, 2.45) is 0 Å². The van der Waals surface area contributed by atoms with E-state index in [2.05, 4.69) is 10.3 Å². The lowest BCUT2D eigenvalue weighted by Gasteiger charge is -2.26. The molecule has 2 aromatic carbocycles. The maximum Gasteiger partial charge on any atom is 0.260 e. The van der Waals surface area contributed by atoms with Gasteiger partial charge in [0.2, 0.25) is 0 Å². The summed E-state index contributed by atoms with van der Waals surface area (Å²) in [6.07, 6.45) is 0. The minimum absolute atomic E-state index is 0.116. The molecule has 3 aromatic rings. The van der Waals surface area contributed by atoms with Crippen LogP contribution < -0.4 is 19.5 Å². The Labute approximate surface area is 207 Å². The monoisotopic (exact) mass is 497 g/mol. The molecule has 9 nitrogen and oxygen atoms in total. The molecule has 0 unspecified atom stereocenters. The summed E-state index contributed by atoms with van der Waals surface area (Å²) in [5.41, 5.74) is 2.08. The van der Waals surface area contributed by atoms with Crippen LogP contribution in [0.5, 0.6) is 17.2 Å². The van der Waals surface area contributed by atoms with Crippen molar-refractivity contribution in [1.82, 2.24) is 9.88 Å². The lowest BCUT2D eigenvalue weighted by Crippen LogP contribution is -2.43. The van der Waals surface area contributed by atoms with E-state index in [0.717, 1.165) is 17.0 Å². The highest BCUT2D eigenvalue weighted by atomic mass is 32.1. The zero-order chi connectivity index (χ0) is 24.6. The Bertz CT molecular complexity index is 1160. The van der Waals surface area contributed by atoms with E-state index in [-0.39, 0.29) is 18.4 Å². The van der Waals surface area contributed by atoms with Crippen LogP contribution in [0.1, 0.15) is 17.3 Å². The Morgan fingerprint density at radius 1 is 1.09 bits per heavy atom. The van der Waals surface area contributed by atoms with Crippen LogP contribution in [0.15, 0.2) is 47.8 Å². The van der Waals surface area contributed by atoms with Crippen molar-refractivity contribution in [2.45, 2.75) is 6.92 Å². The van der Waals surface area contributed by atoms with Gasteiger partial charge < -0.3 is 23.8 Å². The number of benzene rings is 2. The van der Waals surface area contributed by atoms with E-state index in [1.54, 1.807) is 23.1 Å². The van der Waals surface area contributed by atoms with Crippen LogP contribution in [-0.2, 0) is 9.53 Å². The van der Waals surface area contributed by atoms with Gasteiger partial charge in [-0.2, -0.15) is 0 Å². The van der Waals surface area contributed by atoms with Crippen molar-refractivity contribution in [1.29, 1.82) is 0 Å². The summed E-state index contributed by atoms with van der Waals surface area (Å²) in [7, 11) is 1.48. The van der Waals surface area contributed by atoms with E-state index in [0.29, 0.717) is 55.1 Å². The van der Waals surface area contributed by atoms with Gasteiger partial charge in [0.25, 0.3) is 11.8 Å². The van der Waals surface area contributed by atoms with Gasteiger partial charge >= 0.3 is 0 Å². The van der Waals surface area contributed by atoms with Gasteiger partial charge in [0.15, 0.2) is 23.2 Å². The first kappa shape index (κ1) is 24.5. The molecule has 0 radical (unpaired) electrons. The number of hydrogen-bond donors (Lipinski definition) is 1. The number of aromatic nitrogens is 1. The van der Waals surface area contributed by atoms with E-state index in [1.807, 2.05) is 36.6 Å². The quantitative estimate of drug-likeness (QED) is 0.481. The second-order valence-corrected chi connectivity index (χ2v) is 8.45. The molecule has 1 fully saturated rings. The van der Waals surface area contributed by atoms with E-state index in [9.17, 15) is 9.59 Å². The molecular weight excluding hydrogens is 470 g/mol. The van der Waals surface area contributed by atoms with Gasteiger partial charge in [-0.25, -0.2) is 4.98 Å². The molecule has 1 aliphatic heterocycles. The normalized spacial score (nSPS) is 13.3. The first-order chi connectivity index (χ1) is 17.1. The summed E-state index contributed by atoms with van der Waals surface area (Å²) in [4.78, 5) is 31.3. The highest BCUT2D eigenvalue weighted by Crippen LogP contribution is 2.30. The molecule has 2 heterocycles. The molecule has 35 heavy (non-hydrogen) atoms. The average Bonchev–Trinajstić information content (AvgIpc) is 3.36. The fourth-order valence-corrected chi connectivity index (χ4v) is 4.21. The van der Waals surface area contributed by atoms with Crippen LogP contribution in [0.25, 0.3) is 11.3 Å². The molecule has 0 aliphatic carbocycles. The maximum absolute atomic E-state index is 12.8. The van der Waals surface area contributed by atoms with E-state index < -0.39 is 0 Å². The number of nitrogens with one attached hydrogen (secondary N) is 1. The minimum atomic E-state index is -0.327. The zero-order valence-corrected chi connectivity index (χ0v) is 20.4. The van der Waals surface area contributed by atoms with E-state index in [1.165, 1.54) is 18.4 Å². The van der Waals surface area contributed by atoms with E-state index >= 15 is 0 Å². The van der Waals surface area contributed by atoms with Gasteiger partial charge in [-0.1, -0.05) is 0 Å². The van der Waals surface area contributed by atoms with Gasteiger partial charge in [-0.05, 0) is 49.4 Å². The van der Waals surface area contributed by atoms with Crippen LogP contribution in [0, 0.1) is 0 Å². The number of morpholine rings is 1. The van der Waals surface area contributed by atoms with Gasteiger partial charge in [0, 0.05) is 29.6 Å². The number of carbonyl (C=O) groups is 2. The fourth-order valence-electron chi connectivity index (χ4n) is 3.49. The summed E-state index contributed by atoms with van der Waals surface area (Å²) < 4.78 is 21.8. The topological polar surface area (TPSA) is 99.2 Å². The summed E-state index contributed by atoms with van der Waals surface area (Å²) in [5, 5.41) is 5.18. The predicted molar refractivity (Wildman–Crippen MR) is 133 cm³/mol. The molecule has 2 amide bonds. The van der Waals surface area contributed by atoms with Gasteiger partial charge in [0.05, 0.1) is 32.6 Å². The summed E-state index contributed by atoms with van der Waals surface area (Å²) in [5.74, 6) is 1.10. The smallest absolute Gasteiger partial charge is 0.260 e. The average molecular weight is 498 g/mol. The van der Waals surface area contributed by atoms with Crippen molar-refractivity contribution in [3.63, 3.8) is 0 Å².